The number of piperazine rings is 1. The number of hydrogen-bond donors (Lipinski definition) is 0. The summed E-state index contributed by atoms with van der Waals surface area (Å²) in [5, 5.41) is 4.57. The fraction of sp³-hybridized carbons (Fsp3) is 0.216. The van der Waals surface area contributed by atoms with Crippen LogP contribution in [0.15, 0.2) is 120 Å². The molecule has 1 fully saturated rings. The van der Waals surface area contributed by atoms with Crippen LogP contribution in [0.1, 0.15) is 33.9 Å². The quantitative estimate of drug-likeness (QED) is 0.227. The van der Waals surface area contributed by atoms with Gasteiger partial charge in [0.1, 0.15) is 11.8 Å². The number of para-hydroxylation sites is 1. The van der Waals surface area contributed by atoms with Crippen LogP contribution in [-0.2, 0) is 11.2 Å². The van der Waals surface area contributed by atoms with Gasteiger partial charge in [-0.2, -0.15) is 9.78 Å². The van der Waals surface area contributed by atoms with Crippen molar-refractivity contribution in [2.75, 3.05) is 31.1 Å². The van der Waals surface area contributed by atoms with Gasteiger partial charge >= 0.3 is 5.56 Å². The van der Waals surface area contributed by atoms with Gasteiger partial charge in [0.2, 0.25) is 11.7 Å². The van der Waals surface area contributed by atoms with Gasteiger partial charge in [-0.1, -0.05) is 108 Å². The van der Waals surface area contributed by atoms with E-state index in [0.717, 1.165) is 27.8 Å². The number of amides is 1. The molecule has 6 rings (SSSR count). The number of rotatable bonds is 8. The fourth-order valence-electron chi connectivity index (χ4n) is 5.87. The SMILES string of the molecule is Cc1cc(C)cc(CC(=O)N2CCN(c3cnn(-c4ccccc4)c(=O)c3OC(c3ccccc3)c3ccccc3)CC2)c1. The maximum Gasteiger partial charge on any atom is 0.316 e. The molecule has 0 aliphatic carbocycles. The van der Waals surface area contributed by atoms with Gasteiger partial charge in [-0.3, -0.25) is 9.59 Å². The predicted molar refractivity (Wildman–Crippen MR) is 174 cm³/mol. The van der Waals surface area contributed by atoms with Crippen molar-refractivity contribution in [3.05, 3.63) is 154 Å². The molecule has 0 saturated carbocycles. The van der Waals surface area contributed by atoms with Gasteiger partial charge in [-0.05, 0) is 42.7 Å². The molecule has 0 radical (unpaired) electrons. The summed E-state index contributed by atoms with van der Waals surface area (Å²) < 4.78 is 8.13. The number of hydrogen-bond acceptors (Lipinski definition) is 5. The first-order valence-electron chi connectivity index (χ1n) is 15.0. The lowest BCUT2D eigenvalue weighted by Gasteiger charge is -2.37. The van der Waals surface area contributed by atoms with E-state index in [1.807, 2.05) is 95.9 Å². The summed E-state index contributed by atoms with van der Waals surface area (Å²) in [7, 11) is 0. The molecule has 0 bridgehead atoms. The van der Waals surface area contributed by atoms with Crippen LogP contribution in [0, 0.1) is 13.8 Å². The van der Waals surface area contributed by atoms with Crippen LogP contribution in [0.3, 0.4) is 0 Å². The van der Waals surface area contributed by atoms with Crippen LogP contribution in [0.2, 0.25) is 0 Å². The van der Waals surface area contributed by atoms with Crippen molar-refractivity contribution >= 4 is 11.6 Å². The second kappa shape index (κ2) is 13.0. The number of anilines is 1. The molecule has 1 amide bonds. The Balaban J connectivity index is 1.31. The van der Waals surface area contributed by atoms with Gasteiger partial charge in [0.25, 0.3) is 0 Å². The van der Waals surface area contributed by atoms with E-state index < -0.39 is 6.10 Å². The Morgan fingerprint density at radius 1 is 0.773 bits per heavy atom. The van der Waals surface area contributed by atoms with Crippen molar-refractivity contribution in [3.8, 4) is 11.4 Å². The lowest BCUT2D eigenvalue weighted by atomic mass is 10.0. The van der Waals surface area contributed by atoms with Crippen molar-refractivity contribution < 1.29 is 9.53 Å². The Hall–Kier alpha value is -5.17. The summed E-state index contributed by atoms with van der Waals surface area (Å²) in [4.78, 5) is 31.4. The number of aromatic nitrogens is 2. The summed E-state index contributed by atoms with van der Waals surface area (Å²) in [6, 6.07) is 35.5. The molecule has 1 saturated heterocycles. The molecule has 5 aromatic rings. The smallest absolute Gasteiger partial charge is 0.316 e. The summed E-state index contributed by atoms with van der Waals surface area (Å²) in [6.07, 6.45) is 1.58. The molecular formula is C37H36N4O3. The van der Waals surface area contributed by atoms with Crippen molar-refractivity contribution in [1.82, 2.24) is 14.7 Å². The van der Waals surface area contributed by atoms with Gasteiger partial charge < -0.3 is 14.5 Å². The first-order valence-corrected chi connectivity index (χ1v) is 15.0. The molecule has 0 spiro atoms. The van der Waals surface area contributed by atoms with Gasteiger partial charge in [0, 0.05) is 26.2 Å². The molecule has 4 aromatic carbocycles. The average molecular weight is 585 g/mol. The number of carbonyl (C=O) groups is 1. The van der Waals surface area contributed by atoms with E-state index in [-0.39, 0.29) is 17.2 Å². The molecule has 1 aromatic heterocycles. The molecule has 7 heteroatoms. The maximum atomic E-state index is 14.1. The second-order valence-corrected chi connectivity index (χ2v) is 11.3. The lowest BCUT2D eigenvalue weighted by molar-refractivity contribution is -0.130. The Morgan fingerprint density at radius 2 is 1.32 bits per heavy atom. The van der Waals surface area contributed by atoms with E-state index >= 15 is 0 Å². The molecule has 2 heterocycles. The number of ether oxygens (including phenoxy) is 1. The molecule has 222 valence electrons. The highest BCUT2D eigenvalue weighted by Crippen LogP contribution is 2.33. The highest BCUT2D eigenvalue weighted by molar-refractivity contribution is 5.79. The average Bonchev–Trinajstić information content (AvgIpc) is 3.05. The summed E-state index contributed by atoms with van der Waals surface area (Å²) in [5.41, 5.74) is 6.18. The zero-order valence-electron chi connectivity index (χ0n) is 25.1. The molecule has 1 aliphatic rings. The lowest BCUT2D eigenvalue weighted by Crippen LogP contribution is -2.49. The Bertz CT molecular complexity index is 1720. The zero-order chi connectivity index (χ0) is 30.5. The minimum absolute atomic E-state index is 0.108. The highest BCUT2D eigenvalue weighted by Gasteiger charge is 2.28. The van der Waals surface area contributed by atoms with Crippen LogP contribution in [0.5, 0.6) is 5.75 Å². The predicted octanol–water partition coefficient (Wildman–Crippen LogP) is 5.91. The normalized spacial score (nSPS) is 13.2. The summed E-state index contributed by atoms with van der Waals surface area (Å²) >= 11 is 0. The molecule has 0 atom stereocenters. The third-order valence-electron chi connectivity index (χ3n) is 7.97. The Kier molecular flexibility index (Phi) is 8.55. The van der Waals surface area contributed by atoms with E-state index in [1.165, 1.54) is 4.68 Å². The fourth-order valence-corrected chi connectivity index (χ4v) is 5.87. The highest BCUT2D eigenvalue weighted by atomic mass is 16.5. The number of aryl methyl sites for hydroxylation is 2. The van der Waals surface area contributed by atoms with Gasteiger partial charge in [-0.25, -0.2) is 0 Å². The third kappa shape index (κ3) is 6.42. The van der Waals surface area contributed by atoms with E-state index in [1.54, 1.807) is 6.20 Å². The van der Waals surface area contributed by atoms with Crippen molar-refractivity contribution in [3.63, 3.8) is 0 Å². The molecule has 0 N–H and O–H groups in total. The standard InChI is InChI=1S/C37H36N4O3/c1-27-22-28(2)24-29(23-27)25-34(42)40-20-18-39(19-21-40)33-26-38-41(32-16-10-5-11-17-32)37(43)36(33)44-35(30-12-6-3-7-13-30)31-14-8-4-9-15-31/h3-17,22-24,26,35H,18-21,25H2,1-2H3. The van der Waals surface area contributed by atoms with Crippen molar-refractivity contribution in [2.24, 2.45) is 0 Å². The monoisotopic (exact) mass is 584 g/mol. The van der Waals surface area contributed by atoms with Gasteiger partial charge in [0.05, 0.1) is 18.3 Å². The molecule has 44 heavy (non-hydrogen) atoms. The van der Waals surface area contributed by atoms with Crippen LogP contribution >= 0.6 is 0 Å². The Labute approximate surface area is 258 Å². The Morgan fingerprint density at radius 3 is 1.89 bits per heavy atom. The van der Waals surface area contributed by atoms with Crippen molar-refractivity contribution in [1.29, 1.82) is 0 Å². The minimum Gasteiger partial charge on any atom is -0.473 e. The maximum absolute atomic E-state index is 14.1. The van der Waals surface area contributed by atoms with Crippen LogP contribution in [-0.4, -0.2) is 46.8 Å². The molecular weight excluding hydrogens is 548 g/mol. The van der Waals surface area contributed by atoms with E-state index in [4.69, 9.17) is 4.74 Å². The van der Waals surface area contributed by atoms with E-state index in [9.17, 15) is 9.59 Å². The van der Waals surface area contributed by atoms with Gasteiger partial charge in [0.15, 0.2) is 0 Å². The van der Waals surface area contributed by atoms with Crippen LogP contribution in [0.4, 0.5) is 5.69 Å². The number of carbonyl (C=O) groups excluding carboxylic acids is 1. The zero-order valence-corrected chi connectivity index (χ0v) is 25.1. The molecule has 0 unspecified atom stereocenters. The molecule has 1 aliphatic heterocycles. The van der Waals surface area contributed by atoms with E-state index in [0.29, 0.717) is 44.0 Å². The van der Waals surface area contributed by atoms with Crippen LogP contribution < -0.4 is 15.2 Å². The number of benzene rings is 4. The second-order valence-electron chi connectivity index (χ2n) is 11.3. The topological polar surface area (TPSA) is 67.7 Å². The largest absolute Gasteiger partial charge is 0.473 e. The summed E-state index contributed by atoms with van der Waals surface area (Å²) in [6.45, 7) is 6.33. The van der Waals surface area contributed by atoms with E-state index in [2.05, 4.69) is 42.0 Å². The first kappa shape index (κ1) is 28.9. The third-order valence-corrected chi connectivity index (χ3v) is 7.97. The van der Waals surface area contributed by atoms with Gasteiger partial charge in [-0.15, -0.1) is 0 Å². The van der Waals surface area contributed by atoms with Crippen molar-refractivity contribution in [2.45, 2.75) is 26.4 Å². The number of nitrogens with zero attached hydrogens (tertiary/aromatic N) is 4. The minimum atomic E-state index is -0.504. The van der Waals surface area contributed by atoms with Crippen LogP contribution in [0.25, 0.3) is 5.69 Å². The molecule has 7 nitrogen and oxygen atoms in total. The summed E-state index contributed by atoms with van der Waals surface area (Å²) in [5.74, 6) is 0.341. The first-order chi connectivity index (χ1) is 21.5.